The van der Waals surface area contributed by atoms with Gasteiger partial charge in [0, 0.05) is 12.8 Å². The lowest BCUT2D eigenvalue weighted by atomic mass is 10.1. The van der Waals surface area contributed by atoms with Crippen LogP contribution in [0.25, 0.3) is 0 Å². The predicted molar refractivity (Wildman–Crippen MR) is 77.0 cm³/mol. The van der Waals surface area contributed by atoms with E-state index in [9.17, 15) is 14.4 Å². The summed E-state index contributed by atoms with van der Waals surface area (Å²) in [4.78, 5) is 34.5. The maximum absolute atomic E-state index is 11.5. The van der Waals surface area contributed by atoms with Crippen molar-refractivity contribution in [2.75, 3.05) is 0 Å². The molecule has 0 aromatic rings. The van der Waals surface area contributed by atoms with Gasteiger partial charge in [-0.2, -0.15) is 0 Å². The molecule has 0 heterocycles. The van der Waals surface area contributed by atoms with Gasteiger partial charge in [0.15, 0.2) is 5.78 Å². The molecule has 0 N–H and O–H groups in total. The van der Waals surface area contributed by atoms with Crippen molar-refractivity contribution in [3.05, 3.63) is 0 Å². The molecule has 20 heavy (non-hydrogen) atoms. The molecule has 0 spiro atoms. The lowest BCUT2D eigenvalue weighted by Crippen LogP contribution is -2.25. The van der Waals surface area contributed by atoms with Crippen molar-refractivity contribution < 1.29 is 19.1 Å². The number of hydrogen-bond acceptors (Lipinski definition) is 4. The summed E-state index contributed by atoms with van der Waals surface area (Å²) in [6.07, 6.45) is 2.21. The van der Waals surface area contributed by atoms with Gasteiger partial charge in [0.1, 0.15) is 17.8 Å². The van der Waals surface area contributed by atoms with Gasteiger partial charge in [-0.1, -0.05) is 0 Å². The largest absolute Gasteiger partial charge is 0.460 e. The van der Waals surface area contributed by atoms with Crippen molar-refractivity contribution in [1.82, 2.24) is 0 Å². The number of carbonyl (C=O) groups excluding carboxylic acids is 3. The second-order valence-electron chi connectivity index (χ2n) is 5.65. The normalized spacial score (nSPS) is 10.4. The Morgan fingerprint density at radius 3 is 2.20 bits per heavy atom. The van der Waals surface area contributed by atoms with Gasteiger partial charge in [-0.3, -0.25) is 14.4 Å². The number of ether oxygens (including phenoxy) is 1. The van der Waals surface area contributed by atoms with Gasteiger partial charge in [0.05, 0.1) is 6.42 Å². The van der Waals surface area contributed by atoms with Gasteiger partial charge >= 0.3 is 5.97 Å². The van der Waals surface area contributed by atoms with E-state index in [4.69, 9.17) is 4.74 Å². The summed E-state index contributed by atoms with van der Waals surface area (Å²) in [6, 6.07) is 0. The molecule has 0 atom stereocenters. The number of rotatable bonds is 8. The van der Waals surface area contributed by atoms with Crippen LogP contribution in [0.15, 0.2) is 0 Å². The van der Waals surface area contributed by atoms with E-state index in [2.05, 4.69) is 11.8 Å². The predicted octanol–water partition coefficient (Wildman–Crippen LogP) is 2.83. The Morgan fingerprint density at radius 1 is 1.00 bits per heavy atom. The van der Waals surface area contributed by atoms with Gasteiger partial charge in [-0.15, -0.1) is 11.8 Å². The molecule has 0 bridgehead atoms. The molecule has 0 saturated carbocycles. The molecule has 0 aliphatic rings. The number of Topliss-reactive ketones (excluding diaryl/α,β-unsaturated/α-hetero) is 2. The van der Waals surface area contributed by atoms with Crippen molar-refractivity contribution in [2.45, 2.75) is 71.8 Å². The van der Waals surface area contributed by atoms with Gasteiger partial charge in [0.25, 0.3) is 0 Å². The highest BCUT2D eigenvalue weighted by Gasteiger charge is 2.20. The van der Waals surface area contributed by atoms with E-state index in [0.717, 1.165) is 19.3 Å². The second-order valence-corrected chi connectivity index (χ2v) is 5.65. The SMILES string of the molecule is CC#CCCCCC(=O)CC(=O)CC(=O)OC(C)(C)C. The van der Waals surface area contributed by atoms with Gasteiger partial charge in [0.2, 0.25) is 0 Å². The first kappa shape index (κ1) is 18.4. The summed E-state index contributed by atoms with van der Waals surface area (Å²) in [5.41, 5.74) is -0.609. The molecule has 0 fully saturated rings. The van der Waals surface area contributed by atoms with Crippen molar-refractivity contribution in [3.8, 4) is 11.8 Å². The lowest BCUT2D eigenvalue weighted by molar-refractivity contribution is -0.156. The summed E-state index contributed by atoms with van der Waals surface area (Å²) in [5.74, 6) is 4.63. The summed E-state index contributed by atoms with van der Waals surface area (Å²) < 4.78 is 5.03. The molecule has 4 nitrogen and oxygen atoms in total. The fourth-order valence-corrected chi connectivity index (χ4v) is 1.57. The third-order valence-corrected chi connectivity index (χ3v) is 2.34. The van der Waals surface area contributed by atoms with Crippen LogP contribution in [-0.4, -0.2) is 23.1 Å². The van der Waals surface area contributed by atoms with Crippen LogP contribution in [0.4, 0.5) is 0 Å². The molecule has 0 saturated heterocycles. The molecular weight excluding hydrogens is 256 g/mol. The van der Waals surface area contributed by atoms with Crippen molar-refractivity contribution >= 4 is 17.5 Å². The fourth-order valence-electron chi connectivity index (χ4n) is 1.57. The van der Waals surface area contributed by atoms with Gasteiger partial charge in [-0.25, -0.2) is 0 Å². The number of ketones is 2. The summed E-state index contributed by atoms with van der Waals surface area (Å²) >= 11 is 0. The Morgan fingerprint density at radius 2 is 1.65 bits per heavy atom. The van der Waals surface area contributed by atoms with Crippen LogP contribution in [0.3, 0.4) is 0 Å². The Bertz CT molecular complexity index is 404. The van der Waals surface area contributed by atoms with Gasteiger partial charge < -0.3 is 4.74 Å². The minimum atomic E-state index is -0.609. The first-order valence-corrected chi connectivity index (χ1v) is 6.89. The van der Waals surface area contributed by atoms with E-state index in [-0.39, 0.29) is 24.4 Å². The minimum absolute atomic E-state index is 0.122. The van der Waals surface area contributed by atoms with Crippen LogP contribution in [-0.2, 0) is 19.1 Å². The molecule has 0 aliphatic heterocycles. The summed E-state index contributed by atoms with van der Waals surface area (Å²) in [6.45, 7) is 6.99. The standard InChI is InChI=1S/C16H24O4/c1-5-6-7-8-9-10-13(17)11-14(18)12-15(19)20-16(2,3)4/h7-12H2,1-4H3. The van der Waals surface area contributed by atoms with Crippen LogP contribution in [0.2, 0.25) is 0 Å². The second kappa shape index (κ2) is 9.30. The van der Waals surface area contributed by atoms with E-state index in [0.29, 0.717) is 6.42 Å². The Hall–Kier alpha value is -1.63. The van der Waals surface area contributed by atoms with Gasteiger partial charge in [-0.05, 0) is 40.5 Å². The molecule has 4 heteroatoms. The van der Waals surface area contributed by atoms with E-state index in [1.165, 1.54) is 0 Å². The fraction of sp³-hybridized carbons (Fsp3) is 0.688. The topological polar surface area (TPSA) is 60.4 Å². The highest BCUT2D eigenvalue weighted by molar-refractivity contribution is 6.05. The number of unbranched alkanes of at least 4 members (excludes halogenated alkanes) is 2. The minimum Gasteiger partial charge on any atom is -0.460 e. The first-order chi connectivity index (χ1) is 9.24. The van der Waals surface area contributed by atoms with Crippen LogP contribution in [0.5, 0.6) is 0 Å². The molecule has 0 radical (unpaired) electrons. The zero-order valence-corrected chi connectivity index (χ0v) is 12.9. The molecule has 0 aromatic heterocycles. The first-order valence-electron chi connectivity index (χ1n) is 6.89. The maximum atomic E-state index is 11.5. The van der Waals surface area contributed by atoms with E-state index >= 15 is 0 Å². The third kappa shape index (κ3) is 11.5. The Labute approximate surface area is 121 Å². The number of esters is 1. The van der Waals surface area contributed by atoms with Crippen LogP contribution in [0.1, 0.15) is 66.2 Å². The monoisotopic (exact) mass is 280 g/mol. The molecule has 0 amide bonds. The number of hydrogen-bond donors (Lipinski definition) is 0. The van der Waals surface area contributed by atoms with Crippen molar-refractivity contribution in [2.24, 2.45) is 0 Å². The number of carbonyl (C=O) groups is 3. The Balaban J connectivity index is 3.87. The third-order valence-electron chi connectivity index (χ3n) is 2.34. The van der Waals surface area contributed by atoms with Crippen LogP contribution < -0.4 is 0 Å². The maximum Gasteiger partial charge on any atom is 0.313 e. The van der Waals surface area contributed by atoms with E-state index in [1.54, 1.807) is 27.7 Å². The van der Waals surface area contributed by atoms with Crippen LogP contribution in [0, 0.1) is 11.8 Å². The van der Waals surface area contributed by atoms with E-state index in [1.807, 2.05) is 0 Å². The summed E-state index contributed by atoms with van der Waals surface area (Å²) in [5, 5.41) is 0. The molecule has 112 valence electrons. The summed E-state index contributed by atoms with van der Waals surface area (Å²) in [7, 11) is 0. The highest BCUT2D eigenvalue weighted by Crippen LogP contribution is 2.09. The van der Waals surface area contributed by atoms with Crippen molar-refractivity contribution in [1.29, 1.82) is 0 Å². The Kier molecular flexibility index (Phi) is 8.54. The average molecular weight is 280 g/mol. The van der Waals surface area contributed by atoms with Crippen molar-refractivity contribution in [3.63, 3.8) is 0 Å². The molecular formula is C16H24O4. The molecule has 0 unspecified atom stereocenters. The smallest absolute Gasteiger partial charge is 0.313 e. The zero-order chi connectivity index (χ0) is 15.6. The average Bonchev–Trinajstić information content (AvgIpc) is 2.25. The highest BCUT2D eigenvalue weighted by atomic mass is 16.6. The zero-order valence-electron chi connectivity index (χ0n) is 12.9. The lowest BCUT2D eigenvalue weighted by Gasteiger charge is -2.19. The molecule has 0 rings (SSSR count). The van der Waals surface area contributed by atoms with E-state index < -0.39 is 11.6 Å². The molecule has 0 aliphatic carbocycles. The molecule has 0 aromatic carbocycles. The van der Waals surface area contributed by atoms with Crippen LogP contribution >= 0.6 is 0 Å². The quantitative estimate of drug-likeness (QED) is 0.297.